The first-order valence-electron chi connectivity index (χ1n) is 3.03. The summed E-state index contributed by atoms with van der Waals surface area (Å²) in [7, 11) is 5.19. The third-order valence-corrected chi connectivity index (χ3v) is 1.54. The summed E-state index contributed by atoms with van der Waals surface area (Å²) >= 11 is 0. The third-order valence-electron chi connectivity index (χ3n) is 1.54. The summed E-state index contributed by atoms with van der Waals surface area (Å²) in [6, 6.07) is -0.699. The van der Waals surface area contributed by atoms with Crippen molar-refractivity contribution >= 4 is 13.8 Å². The molecule has 0 amide bonds. The van der Waals surface area contributed by atoms with Crippen molar-refractivity contribution in [2.24, 2.45) is 0 Å². The fourth-order valence-electron chi connectivity index (χ4n) is 0.996. The topological polar surface area (TPSA) is 69.6 Å². The van der Waals surface area contributed by atoms with E-state index in [0.29, 0.717) is 6.42 Å². The minimum atomic E-state index is -1.48. The van der Waals surface area contributed by atoms with Gasteiger partial charge < -0.3 is 10.2 Å². The van der Waals surface area contributed by atoms with Gasteiger partial charge in [0.05, 0.1) is 5.62 Å². The molecule has 10 heavy (non-hydrogen) atoms. The first kappa shape index (κ1) is 7.56. The molecule has 4 nitrogen and oxygen atoms in total. The molecule has 1 aliphatic heterocycles. The Kier molecular flexibility index (Phi) is 1.70. The van der Waals surface area contributed by atoms with E-state index in [-0.39, 0.29) is 6.42 Å². The molecule has 3 N–H and O–H groups in total. The first-order valence-corrected chi connectivity index (χ1v) is 3.03. The van der Waals surface area contributed by atoms with E-state index in [0.717, 1.165) is 0 Å². The van der Waals surface area contributed by atoms with Crippen molar-refractivity contribution in [3.8, 4) is 0 Å². The van der Waals surface area contributed by atoms with Crippen molar-refractivity contribution in [1.29, 1.82) is 0 Å². The van der Waals surface area contributed by atoms with Gasteiger partial charge >= 0.3 is 5.97 Å². The van der Waals surface area contributed by atoms with Crippen molar-refractivity contribution < 1.29 is 15.0 Å². The summed E-state index contributed by atoms with van der Waals surface area (Å²) in [4.78, 5) is 10.3. The minimum absolute atomic E-state index is 0.282. The van der Waals surface area contributed by atoms with Gasteiger partial charge in [0.2, 0.25) is 0 Å². The largest absolute Gasteiger partial charge is 0.480 e. The summed E-state index contributed by atoms with van der Waals surface area (Å²) in [5.41, 5.74) is -1.48. The van der Waals surface area contributed by atoms with Crippen LogP contribution in [0.4, 0.5) is 0 Å². The van der Waals surface area contributed by atoms with E-state index >= 15 is 0 Å². The molecule has 0 bridgehead atoms. The van der Waals surface area contributed by atoms with Gasteiger partial charge in [-0.3, -0.25) is 10.1 Å². The van der Waals surface area contributed by atoms with Crippen LogP contribution < -0.4 is 5.32 Å². The smallest absolute Gasteiger partial charge is 0.320 e. The second kappa shape index (κ2) is 2.25. The molecule has 0 aromatic carbocycles. The van der Waals surface area contributed by atoms with Crippen LogP contribution in [0, 0.1) is 0 Å². The molecule has 0 aromatic rings. The molecular weight excluding hydrogens is 133 g/mol. The van der Waals surface area contributed by atoms with Gasteiger partial charge in [0.15, 0.2) is 0 Å². The number of carboxylic acids is 1. The van der Waals surface area contributed by atoms with Crippen LogP contribution in [0.5, 0.6) is 0 Å². The van der Waals surface area contributed by atoms with Crippen molar-refractivity contribution in [3.05, 3.63) is 0 Å². The zero-order valence-electron chi connectivity index (χ0n) is 5.37. The highest BCUT2D eigenvalue weighted by atomic mass is 16.4. The van der Waals surface area contributed by atoms with E-state index in [1.807, 2.05) is 0 Å². The predicted octanol–water partition coefficient (Wildman–Crippen LogP) is -1.36. The van der Waals surface area contributed by atoms with Crippen LogP contribution in [0.3, 0.4) is 0 Å². The lowest BCUT2D eigenvalue weighted by atomic mass is 9.90. The molecule has 1 saturated heterocycles. The molecule has 2 unspecified atom stereocenters. The Morgan fingerprint density at radius 3 is 2.60 bits per heavy atom. The minimum Gasteiger partial charge on any atom is -0.480 e. The number of rotatable bonds is 1. The van der Waals surface area contributed by atoms with Crippen molar-refractivity contribution in [1.82, 2.24) is 5.32 Å². The zero-order chi connectivity index (χ0) is 7.78. The fraction of sp³-hybridized carbons (Fsp3) is 0.800. The number of aliphatic hydroxyl groups is 1. The van der Waals surface area contributed by atoms with Gasteiger partial charge in [-0.2, -0.15) is 0 Å². The van der Waals surface area contributed by atoms with Crippen LogP contribution in [-0.4, -0.2) is 35.7 Å². The summed E-state index contributed by atoms with van der Waals surface area (Å²) in [5.74, 6) is -0.971. The van der Waals surface area contributed by atoms with Crippen LogP contribution in [-0.2, 0) is 4.79 Å². The average Bonchev–Trinajstić information content (AvgIpc) is 2.10. The van der Waals surface area contributed by atoms with E-state index in [1.165, 1.54) is 0 Å². The number of hydrogen-bond donors (Lipinski definition) is 3. The summed E-state index contributed by atoms with van der Waals surface area (Å²) in [6.07, 6.45) is 0.659. The van der Waals surface area contributed by atoms with Crippen LogP contribution in [0.25, 0.3) is 0 Å². The number of carbonyl (C=O) groups is 1. The summed E-state index contributed by atoms with van der Waals surface area (Å²) in [6.45, 7) is 0. The molecule has 1 aliphatic rings. The second-order valence-corrected chi connectivity index (χ2v) is 2.50. The standard InChI is InChI=1S/C5H8BNO3/c6-5(10)2-1-3(7-5)4(8)9/h3,7,10H,1-2H2,(H,8,9). The molecule has 0 spiro atoms. The Balaban J connectivity index is 2.51. The monoisotopic (exact) mass is 141 g/mol. The molecule has 2 radical (unpaired) electrons. The number of carboxylic acid groups (broad SMARTS) is 1. The van der Waals surface area contributed by atoms with Gasteiger partial charge in [0.1, 0.15) is 13.9 Å². The van der Waals surface area contributed by atoms with Gasteiger partial charge in [-0.05, 0) is 12.8 Å². The van der Waals surface area contributed by atoms with Gasteiger partial charge in [0, 0.05) is 0 Å². The Hall–Kier alpha value is -0.545. The van der Waals surface area contributed by atoms with Gasteiger partial charge in [-0.1, -0.05) is 0 Å². The second-order valence-electron chi connectivity index (χ2n) is 2.50. The van der Waals surface area contributed by atoms with Gasteiger partial charge in [0.25, 0.3) is 0 Å². The highest BCUT2D eigenvalue weighted by Gasteiger charge is 2.34. The first-order chi connectivity index (χ1) is 4.51. The quantitative estimate of drug-likeness (QED) is 0.394. The molecule has 5 heteroatoms. The van der Waals surface area contributed by atoms with Gasteiger partial charge in [-0.25, -0.2) is 0 Å². The van der Waals surface area contributed by atoms with E-state index < -0.39 is 17.6 Å². The highest BCUT2D eigenvalue weighted by molar-refractivity contribution is 6.14. The lowest BCUT2D eigenvalue weighted by Crippen LogP contribution is -2.45. The van der Waals surface area contributed by atoms with E-state index in [2.05, 4.69) is 5.32 Å². The van der Waals surface area contributed by atoms with Crippen LogP contribution in [0.2, 0.25) is 0 Å². The van der Waals surface area contributed by atoms with Crippen LogP contribution in [0.1, 0.15) is 12.8 Å². The molecule has 1 rings (SSSR count). The summed E-state index contributed by atoms with van der Waals surface area (Å²) < 4.78 is 0. The molecule has 1 fully saturated rings. The maximum absolute atomic E-state index is 10.3. The number of aliphatic carboxylic acids is 1. The van der Waals surface area contributed by atoms with Crippen molar-refractivity contribution in [3.63, 3.8) is 0 Å². The third kappa shape index (κ3) is 1.49. The maximum Gasteiger partial charge on any atom is 0.320 e. The molecule has 0 aromatic heterocycles. The molecule has 0 aliphatic carbocycles. The van der Waals surface area contributed by atoms with E-state index in [4.69, 9.17) is 18.1 Å². The summed E-state index contributed by atoms with van der Waals surface area (Å²) in [5, 5.41) is 19.8. The lowest BCUT2D eigenvalue weighted by molar-refractivity contribution is -0.139. The Morgan fingerprint density at radius 2 is 2.40 bits per heavy atom. The fourth-order valence-corrected chi connectivity index (χ4v) is 0.996. The Bertz CT molecular complexity index is 159. The van der Waals surface area contributed by atoms with Crippen LogP contribution in [0.15, 0.2) is 0 Å². The normalized spacial score (nSPS) is 39.9. The molecule has 1 heterocycles. The van der Waals surface area contributed by atoms with Crippen LogP contribution >= 0.6 is 0 Å². The Labute approximate surface area is 59.6 Å². The molecule has 54 valence electrons. The van der Waals surface area contributed by atoms with Crippen molar-refractivity contribution in [2.45, 2.75) is 24.5 Å². The molecule has 0 saturated carbocycles. The maximum atomic E-state index is 10.3. The number of hydrogen-bond acceptors (Lipinski definition) is 3. The number of nitrogens with one attached hydrogen (secondary N) is 1. The van der Waals surface area contributed by atoms with Crippen molar-refractivity contribution in [2.75, 3.05) is 0 Å². The zero-order valence-corrected chi connectivity index (χ0v) is 5.37. The predicted molar refractivity (Wildman–Crippen MR) is 34.5 cm³/mol. The molecule has 2 atom stereocenters. The lowest BCUT2D eigenvalue weighted by Gasteiger charge is -2.17. The van der Waals surface area contributed by atoms with E-state index in [9.17, 15) is 4.79 Å². The van der Waals surface area contributed by atoms with E-state index in [1.54, 1.807) is 0 Å². The average molecular weight is 141 g/mol. The SMILES string of the molecule is [B]C1(O)CCC(C(=O)O)N1. The Morgan fingerprint density at radius 1 is 1.80 bits per heavy atom. The highest BCUT2D eigenvalue weighted by Crippen LogP contribution is 2.17. The molecular formula is C5H8BNO3. The van der Waals surface area contributed by atoms with Gasteiger partial charge in [-0.15, -0.1) is 0 Å².